The van der Waals surface area contributed by atoms with Crippen molar-refractivity contribution in [2.75, 3.05) is 6.54 Å². The van der Waals surface area contributed by atoms with Crippen LogP contribution in [0.25, 0.3) is 0 Å². The van der Waals surface area contributed by atoms with Crippen LogP contribution < -0.4 is 5.32 Å². The van der Waals surface area contributed by atoms with E-state index >= 15 is 0 Å². The second-order valence-corrected chi connectivity index (χ2v) is 5.42. The molecule has 0 amide bonds. The summed E-state index contributed by atoms with van der Waals surface area (Å²) in [4.78, 5) is 0. The highest BCUT2D eigenvalue weighted by Gasteiger charge is 2.14. The Kier molecular flexibility index (Phi) is 5.11. The number of halogens is 2. The smallest absolute Gasteiger partial charge is 0.124 e. The van der Waals surface area contributed by atoms with Crippen LogP contribution in [0.3, 0.4) is 0 Å². The zero-order chi connectivity index (χ0) is 13.7. The minimum Gasteiger partial charge on any atom is -0.306 e. The van der Waals surface area contributed by atoms with Gasteiger partial charge in [0, 0.05) is 4.47 Å². The van der Waals surface area contributed by atoms with Crippen LogP contribution in [0.4, 0.5) is 4.39 Å². The predicted octanol–water partition coefficient (Wildman–Crippen LogP) is 4.68. The van der Waals surface area contributed by atoms with E-state index in [0.29, 0.717) is 0 Å². The summed E-state index contributed by atoms with van der Waals surface area (Å²) >= 11 is 3.35. The number of nitrogens with one attached hydrogen (secondary N) is 1. The van der Waals surface area contributed by atoms with Gasteiger partial charge in [0.2, 0.25) is 0 Å². The molecule has 0 aliphatic heterocycles. The normalized spacial score (nSPS) is 12.4. The Labute approximate surface area is 122 Å². The summed E-state index contributed by atoms with van der Waals surface area (Å²) in [6.07, 6.45) is 1.04. The minimum atomic E-state index is -0.219. The van der Waals surface area contributed by atoms with Crippen LogP contribution in [0.5, 0.6) is 0 Å². The van der Waals surface area contributed by atoms with Crippen LogP contribution in [0.15, 0.2) is 53.0 Å². The monoisotopic (exact) mass is 321 g/mol. The lowest BCUT2D eigenvalue weighted by Crippen LogP contribution is -2.23. The van der Waals surface area contributed by atoms with E-state index in [-0.39, 0.29) is 11.9 Å². The van der Waals surface area contributed by atoms with Gasteiger partial charge in [-0.15, -0.1) is 0 Å². The molecule has 3 heteroatoms. The van der Waals surface area contributed by atoms with Gasteiger partial charge >= 0.3 is 0 Å². The molecule has 0 radical (unpaired) electrons. The molecule has 0 heterocycles. The van der Waals surface area contributed by atoms with Gasteiger partial charge in [0.25, 0.3) is 0 Å². The van der Waals surface area contributed by atoms with Crippen LogP contribution in [0.2, 0.25) is 0 Å². The molecule has 0 aliphatic rings. The maximum Gasteiger partial charge on any atom is 0.124 e. The van der Waals surface area contributed by atoms with E-state index in [4.69, 9.17) is 0 Å². The van der Waals surface area contributed by atoms with Crippen molar-refractivity contribution in [1.82, 2.24) is 5.32 Å². The topological polar surface area (TPSA) is 12.0 Å². The predicted molar refractivity (Wildman–Crippen MR) is 80.7 cm³/mol. The standard InChI is InChI=1S/C16H17BrFN/c1-2-8-19-16(12-6-4-3-5-7-12)13-9-14(17)11-15(18)10-13/h3-7,9-11,16,19H,2,8H2,1H3. The molecule has 0 aromatic heterocycles. The van der Waals surface area contributed by atoms with Gasteiger partial charge in [-0.3, -0.25) is 0 Å². The Bertz CT molecular complexity index is 507. The third-order valence-electron chi connectivity index (χ3n) is 2.95. The third kappa shape index (κ3) is 3.88. The minimum absolute atomic E-state index is 0.0214. The van der Waals surface area contributed by atoms with E-state index in [1.54, 1.807) is 6.07 Å². The highest BCUT2D eigenvalue weighted by molar-refractivity contribution is 9.10. The average molecular weight is 322 g/mol. The van der Waals surface area contributed by atoms with Crippen LogP contribution in [-0.2, 0) is 0 Å². The maximum atomic E-state index is 13.6. The Morgan fingerprint density at radius 1 is 1.11 bits per heavy atom. The summed E-state index contributed by atoms with van der Waals surface area (Å²) < 4.78 is 14.3. The molecular weight excluding hydrogens is 305 g/mol. The van der Waals surface area contributed by atoms with Crippen molar-refractivity contribution in [1.29, 1.82) is 0 Å². The van der Waals surface area contributed by atoms with E-state index in [2.05, 4.69) is 40.3 Å². The molecule has 0 fully saturated rings. The highest BCUT2D eigenvalue weighted by atomic mass is 79.9. The Hall–Kier alpha value is -1.19. The summed E-state index contributed by atoms with van der Waals surface area (Å²) in [7, 11) is 0. The van der Waals surface area contributed by atoms with Crippen molar-refractivity contribution < 1.29 is 4.39 Å². The molecule has 0 saturated carbocycles. The van der Waals surface area contributed by atoms with E-state index in [1.165, 1.54) is 6.07 Å². The molecular formula is C16H17BrFN. The van der Waals surface area contributed by atoms with Gasteiger partial charge < -0.3 is 5.32 Å². The lowest BCUT2D eigenvalue weighted by molar-refractivity contribution is 0.585. The van der Waals surface area contributed by atoms with Crippen molar-refractivity contribution in [2.45, 2.75) is 19.4 Å². The van der Waals surface area contributed by atoms with Crippen LogP contribution in [0.1, 0.15) is 30.5 Å². The third-order valence-corrected chi connectivity index (χ3v) is 3.41. The second kappa shape index (κ2) is 6.83. The number of benzene rings is 2. The van der Waals surface area contributed by atoms with Gasteiger partial charge in [0.05, 0.1) is 6.04 Å². The van der Waals surface area contributed by atoms with Gasteiger partial charge in [-0.1, -0.05) is 53.2 Å². The van der Waals surface area contributed by atoms with Crippen LogP contribution >= 0.6 is 15.9 Å². The van der Waals surface area contributed by atoms with Gasteiger partial charge in [-0.25, -0.2) is 4.39 Å². The van der Waals surface area contributed by atoms with E-state index in [1.807, 2.05) is 24.3 Å². The molecule has 2 aromatic carbocycles. The number of hydrogen-bond acceptors (Lipinski definition) is 1. The van der Waals surface area contributed by atoms with Crippen molar-refractivity contribution in [3.8, 4) is 0 Å². The highest BCUT2D eigenvalue weighted by Crippen LogP contribution is 2.25. The van der Waals surface area contributed by atoms with Crippen molar-refractivity contribution in [2.24, 2.45) is 0 Å². The van der Waals surface area contributed by atoms with Gasteiger partial charge in [-0.05, 0) is 42.3 Å². The lowest BCUT2D eigenvalue weighted by Gasteiger charge is -2.20. The van der Waals surface area contributed by atoms with E-state index in [0.717, 1.165) is 28.6 Å². The first kappa shape index (κ1) is 14.2. The van der Waals surface area contributed by atoms with Gasteiger partial charge in [-0.2, -0.15) is 0 Å². The Balaban J connectivity index is 2.36. The summed E-state index contributed by atoms with van der Waals surface area (Å²) in [6, 6.07) is 15.2. The second-order valence-electron chi connectivity index (χ2n) is 4.50. The molecule has 100 valence electrons. The van der Waals surface area contributed by atoms with Crippen molar-refractivity contribution in [3.63, 3.8) is 0 Å². The molecule has 1 N–H and O–H groups in total. The van der Waals surface area contributed by atoms with Crippen molar-refractivity contribution in [3.05, 3.63) is 69.9 Å². The fraction of sp³-hybridized carbons (Fsp3) is 0.250. The zero-order valence-corrected chi connectivity index (χ0v) is 12.5. The van der Waals surface area contributed by atoms with Crippen molar-refractivity contribution >= 4 is 15.9 Å². The van der Waals surface area contributed by atoms with E-state index in [9.17, 15) is 4.39 Å². The average Bonchev–Trinajstić information content (AvgIpc) is 2.39. The van der Waals surface area contributed by atoms with E-state index < -0.39 is 0 Å². The summed E-state index contributed by atoms with van der Waals surface area (Å²) in [5.41, 5.74) is 2.08. The summed E-state index contributed by atoms with van der Waals surface area (Å²) in [6.45, 7) is 3.02. The summed E-state index contributed by atoms with van der Waals surface area (Å²) in [5, 5.41) is 3.47. The molecule has 2 rings (SSSR count). The SMILES string of the molecule is CCCNC(c1ccccc1)c1cc(F)cc(Br)c1. The van der Waals surface area contributed by atoms with Gasteiger partial charge in [0.15, 0.2) is 0 Å². The van der Waals surface area contributed by atoms with Crippen LogP contribution in [-0.4, -0.2) is 6.54 Å². The molecule has 0 bridgehead atoms. The summed E-state index contributed by atoms with van der Waals surface area (Å²) in [5.74, 6) is -0.219. The fourth-order valence-corrected chi connectivity index (χ4v) is 2.59. The number of rotatable bonds is 5. The first-order valence-corrected chi connectivity index (χ1v) is 7.24. The molecule has 0 saturated heterocycles. The molecule has 2 aromatic rings. The molecule has 1 atom stereocenters. The molecule has 19 heavy (non-hydrogen) atoms. The Morgan fingerprint density at radius 3 is 2.47 bits per heavy atom. The molecule has 1 unspecified atom stereocenters. The molecule has 1 nitrogen and oxygen atoms in total. The Morgan fingerprint density at radius 2 is 1.84 bits per heavy atom. The maximum absolute atomic E-state index is 13.6. The first-order valence-electron chi connectivity index (χ1n) is 6.45. The quantitative estimate of drug-likeness (QED) is 0.843. The zero-order valence-electron chi connectivity index (χ0n) is 10.9. The molecule has 0 aliphatic carbocycles. The van der Waals surface area contributed by atoms with Gasteiger partial charge in [0.1, 0.15) is 5.82 Å². The van der Waals surface area contributed by atoms with Crippen LogP contribution in [0, 0.1) is 5.82 Å². The lowest BCUT2D eigenvalue weighted by atomic mass is 9.98. The first-order chi connectivity index (χ1) is 9.20. The fourth-order valence-electron chi connectivity index (χ4n) is 2.10. The largest absolute Gasteiger partial charge is 0.306 e. The number of hydrogen-bond donors (Lipinski definition) is 1. The molecule has 0 spiro atoms.